The first-order chi connectivity index (χ1) is 4.83. The van der Waals surface area contributed by atoms with Gasteiger partial charge in [0.1, 0.15) is 5.50 Å². The molecule has 0 bridgehead atoms. The Balaban J connectivity index is 2.18. The third kappa shape index (κ3) is 2.04. The minimum absolute atomic E-state index is 0.0709. The standard InChI is InChI=1S/C6H10N2OS/c1-2-3-10-6-7-4-5(9)8-6/h2,6-7H,1,3-4H2,(H,8,9). The summed E-state index contributed by atoms with van der Waals surface area (Å²) in [7, 11) is 0. The maximum atomic E-state index is 10.6. The summed E-state index contributed by atoms with van der Waals surface area (Å²) in [6, 6.07) is 0. The van der Waals surface area contributed by atoms with Crippen LogP contribution in [0.2, 0.25) is 0 Å². The lowest BCUT2D eigenvalue weighted by atomic mass is 10.7. The first-order valence-corrected chi connectivity index (χ1v) is 4.13. The van der Waals surface area contributed by atoms with E-state index in [2.05, 4.69) is 17.2 Å². The van der Waals surface area contributed by atoms with Crippen molar-refractivity contribution in [1.29, 1.82) is 0 Å². The van der Waals surface area contributed by atoms with Gasteiger partial charge < -0.3 is 5.32 Å². The maximum absolute atomic E-state index is 10.6. The van der Waals surface area contributed by atoms with Gasteiger partial charge in [-0.25, -0.2) is 0 Å². The molecule has 3 nitrogen and oxygen atoms in total. The van der Waals surface area contributed by atoms with Crippen molar-refractivity contribution in [1.82, 2.24) is 10.6 Å². The summed E-state index contributed by atoms with van der Waals surface area (Å²) < 4.78 is 0. The third-order valence-corrected chi connectivity index (χ3v) is 2.17. The third-order valence-electron chi connectivity index (χ3n) is 1.12. The van der Waals surface area contributed by atoms with Gasteiger partial charge in [-0.15, -0.1) is 18.3 Å². The van der Waals surface area contributed by atoms with Crippen LogP contribution in [0.25, 0.3) is 0 Å². The molecule has 0 spiro atoms. The smallest absolute Gasteiger partial charge is 0.235 e. The van der Waals surface area contributed by atoms with Crippen LogP contribution in [-0.2, 0) is 4.79 Å². The van der Waals surface area contributed by atoms with Crippen LogP contribution in [0.3, 0.4) is 0 Å². The Bertz CT molecular complexity index is 149. The molecule has 1 aliphatic heterocycles. The van der Waals surface area contributed by atoms with Crippen LogP contribution in [0.15, 0.2) is 12.7 Å². The van der Waals surface area contributed by atoms with Crippen molar-refractivity contribution in [3.05, 3.63) is 12.7 Å². The van der Waals surface area contributed by atoms with E-state index in [1.807, 2.05) is 6.08 Å². The number of hydrogen-bond acceptors (Lipinski definition) is 3. The second-order valence-electron chi connectivity index (χ2n) is 1.95. The molecule has 1 amide bonds. The molecule has 0 aromatic heterocycles. The van der Waals surface area contributed by atoms with Gasteiger partial charge in [-0.1, -0.05) is 6.08 Å². The average molecular weight is 158 g/mol. The quantitative estimate of drug-likeness (QED) is 0.564. The lowest BCUT2D eigenvalue weighted by molar-refractivity contribution is -0.118. The number of nitrogens with one attached hydrogen (secondary N) is 2. The lowest BCUT2D eigenvalue weighted by Crippen LogP contribution is -2.28. The summed E-state index contributed by atoms with van der Waals surface area (Å²) in [5, 5.41) is 5.75. The fourth-order valence-corrected chi connectivity index (χ4v) is 1.44. The van der Waals surface area contributed by atoms with Crippen LogP contribution in [0.5, 0.6) is 0 Å². The summed E-state index contributed by atoms with van der Waals surface area (Å²) in [6.45, 7) is 4.02. The molecule has 0 radical (unpaired) electrons. The van der Waals surface area contributed by atoms with E-state index in [-0.39, 0.29) is 11.4 Å². The number of thioether (sulfide) groups is 1. The predicted octanol–water partition coefficient (Wildman–Crippen LogP) is -0.0914. The van der Waals surface area contributed by atoms with Crippen LogP contribution >= 0.6 is 11.8 Å². The minimum Gasteiger partial charge on any atom is -0.331 e. The van der Waals surface area contributed by atoms with Gasteiger partial charge in [0.15, 0.2) is 0 Å². The summed E-state index contributed by atoms with van der Waals surface area (Å²) in [4.78, 5) is 10.6. The number of amides is 1. The molecule has 4 heteroatoms. The number of hydrogen-bond donors (Lipinski definition) is 2. The molecule has 1 heterocycles. The summed E-state index contributed by atoms with van der Waals surface area (Å²) in [5.41, 5.74) is 0.0884. The van der Waals surface area contributed by atoms with Gasteiger partial charge >= 0.3 is 0 Å². The Morgan fingerprint density at radius 1 is 1.90 bits per heavy atom. The molecule has 0 aromatic carbocycles. The van der Waals surface area contributed by atoms with Crippen molar-refractivity contribution >= 4 is 17.7 Å². The Labute approximate surface area is 64.3 Å². The van der Waals surface area contributed by atoms with Crippen molar-refractivity contribution in [2.75, 3.05) is 12.3 Å². The molecular formula is C6H10N2OS. The SMILES string of the molecule is C=CCSC1NCC(=O)N1. The molecular weight excluding hydrogens is 148 g/mol. The highest BCUT2D eigenvalue weighted by Gasteiger charge is 2.18. The zero-order chi connectivity index (χ0) is 7.40. The van der Waals surface area contributed by atoms with Gasteiger partial charge in [-0.05, 0) is 0 Å². The minimum atomic E-state index is 0.0709. The summed E-state index contributed by atoms with van der Waals surface area (Å²) >= 11 is 1.63. The monoisotopic (exact) mass is 158 g/mol. The van der Waals surface area contributed by atoms with Gasteiger partial charge in [-0.3, -0.25) is 10.1 Å². The van der Waals surface area contributed by atoms with Crippen LogP contribution in [0.1, 0.15) is 0 Å². The van der Waals surface area contributed by atoms with Crippen molar-refractivity contribution in [2.45, 2.75) is 5.50 Å². The van der Waals surface area contributed by atoms with Crippen LogP contribution < -0.4 is 10.6 Å². The number of rotatable bonds is 3. The highest BCUT2D eigenvalue weighted by atomic mass is 32.2. The van der Waals surface area contributed by atoms with Gasteiger partial charge in [-0.2, -0.15) is 0 Å². The highest BCUT2D eigenvalue weighted by molar-refractivity contribution is 8.00. The first kappa shape index (κ1) is 7.63. The Hall–Kier alpha value is -0.480. The van der Waals surface area contributed by atoms with E-state index in [9.17, 15) is 4.79 Å². The molecule has 2 N–H and O–H groups in total. The maximum Gasteiger partial charge on any atom is 0.235 e. The average Bonchev–Trinajstić information content (AvgIpc) is 2.31. The van der Waals surface area contributed by atoms with E-state index in [1.165, 1.54) is 0 Å². The lowest BCUT2D eigenvalue weighted by Gasteiger charge is -2.06. The second-order valence-corrected chi connectivity index (χ2v) is 3.09. The van der Waals surface area contributed by atoms with Crippen molar-refractivity contribution in [2.24, 2.45) is 0 Å². The number of carbonyl (C=O) groups is 1. The fraction of sp³-hybridized carbons (Fsp3) is 0.500. The van der Waals surface area contributed by atoms with Crippen LogP contribution in [0, 0.1) is 0 Å². The van der Waals surface area contributed by atoms with Crippen LogP contribution in [-0.4, -0.2) is 23.7 Å². The Kier molecular flexibility index (Phi) is 2.77. The van der Waals surface area contributed by atoms with Crippen molar-refractivity contribution in [3.8, 4) is 0 Å². The topological polar surface area (TPSA) is 41.1 Å². The normalized spacial score (nSPS) is 24.4. The van der Waals surface area contributed by atoms with E-state index < -0.39 is 0 Å². The van der Waals surface area contributed by atoms with E-state index >= 15 is 0 Å². The molecule has 1 aliphatic rings. The molecule has 1 saturated heterocycles. The Morgan fingerprint density at radius 3 is 3.20 bits per heavy atom. The highest BCUT2D eigenvalue weighted by Crippen LogP contribution is 2.07. The molecule has 1 rings (SSSR count). The first-order valence-electron chi connectivity index (χ1n) is 3.08. The Morgan fingerprint density at radius 2 is 2.70 bits per heavy atom. The molecule has 1 fully saturated rings. The molecule has 0 aliphatic carbocycles. The van der Waals surface area contributed by atoms with Gasteiger partial charge in [0.2, 0.25) is 5.91 Å². The number of carbonyl (C=O) groups excluding carboxylic acids is 1. The zero-order valence-corrected chi connectivity index (χ0v) is 6.41. The van der Waals surface area contributed by atoms with E-state index in [4.69, 9.17) is 0 Å². The van der Waals surface area contributed by atoms with Gasteiger partial charge in [0.05, 0.1) is 6.54 Å². The molecule has 56 valence electrons. The molecule has 1 atom stereocenters. The summed E-state index contributed by atoms with van der Waals surface area (Å²) in [5.74, 6) is 0.930. The second kappa shape index (κ2) is 3.63. The molecule has 10 heavy (non-hydrogen) atoms. The predicted molar refractivity (Wildman–Crippen MR) is 42.6 cm³/mol. The van der Waals surface area contributed by atoms with Crippen molar-refractivity contribution < 1.29 is 4.79 Å². The van der Waals surface area contributed by atoms with Crippen LogP contribution in [0.4, 0.5) is 0 Å². The van der Waals surface area contributed by atoms with E-state index in [0.717, 1.165) is 5.75 Å². The largest absolute Gasteiger partial charge is 0.331 e. The summed E-state index contributed by atoms with van der Waals surface area (Å²) in [6.07, 6.45) is 1.82. The van der Waals surface area contributed by atoms with E-state index in [0.29, 0.717) is 6.54 Å². The van der Waals surface area contributed by atoms with Gasteiger partial charge in [0.25, 0.3) is 0 Å². The van der Waals surface area contributed by atoms with Gasteiger partial charge in [0, 0.05) is 5.75 Å². The van der Waals surface area contributed by atoms with Crippen molar-refractivity contribution in [3.63, 3.8) is 0 Å². The van der Waals surface area contributed by atoms with E-state index in [1.54, 1.807) is 11.8 Å². The zero-order valence-electron chi connectivity index (χ0n) is 5.59. The molecule has 0 saturated carbocycles. The molecule has 1 unspecified atom stereocenters. The molecule has 0 aromatic rings. The fourth-order valence-electron chi connectivity index (χ4n) is 0.699.